The van der Waals surface area contributed by atoms with Crippen molar-refractivity contribution in [2.75, 3.05) is 0 Å². The van der Waals surface area contributed by atoms with Crippen LogP contribution in [0.5, 0.6) is 0 Å². The quantitative estimate of drug-likeness (QED) is 0.809. The van der Waals surface area contributed by atoms with Crippen molar-refractivity contribution in [3.63, 3.8) is 0 Å². The fourth-order valence-electron chi connectivity index (χ4n) is 1.58. The highest BCUT2D eigenvalue weighted by Crippen LogP contribution is 2.22. The molecule has 0 aliphatic carbocycles. The van der Waals surface area contributed by atoms with Crippen LogP contribution in [0.2, 0.25) is 0 Å². The van der Waals surface area contributed by atoms with Crippen LogP contribution >= 0.6 is 15.9 Å². The Hall–Kier alpha value is -0.750. The first kappa shape index (κ1) is 11.3. The van der Waals surface area contributed by atoms with E-state index in [-0.39, 0.29) is 0 Å². The van der Waals surface area contributed by atoms with Gasteiger partial charge in [0, 0.05) is 16.7 Å². The molecule has 1 heterocycles. The minimum Gasteiger partial charge on any atom is -0.335 e. The molecular formula is C11H15BrN2. The van der Waals surface area contributed by atoms with E-state index in [1.807, 2.05) is 6.07 Å². The number of halogens is 1. The first-order valence-corrected chi connectivity index (χ1v) is 5.81. The highest BCUT2D eigenvalue weighted by Gasteiger charge is 2.10. The van der Waals surface area contributed by atoms with Gasteiger partial charge in [-0.05, 0) is 34.8 Å². The third kappa shape index (κ3) is 2.19. The molecule has 76 valence electrons. The molecule has 0 fully saturated rings. The molecule has 14 heavy (non-hydrogen) atoms. The van der Waals surface area contributed by atoms with E-state index in [0.717, 1.165) is 36.0 Å². The van der Waals surface area contributed by atoms with E-state index < -0.39 is 0 Å². The average Bonchev–Trinajstić information content (AvgIpc) is 2.50. The van der Waals surface area contributed by atoms with Gasteiger partial charge in [0.2, 0.25) is 0 Å². The number of hydrogen-bond donors (Lipinski definition) is 0. The molecule has 2 nitrogen and oxygen atoms in total. The topological polar surface area (TPSA) is 28.7 Å². The second-order valence-electron chi connectivity index (χ2n) is 3.29. The van der Waals surface area contributed by atoms with Crippen LogP contribution in [0.1, 0.15) is 38.1 Å². The van der Waals surface area contributed by atoms with Gasteiger partial charge in [-0.1, -0.05) is 20.3 Å². The minimum absolute atomic E-state index is 0.766. The number of nitriles is 1. The zero-order valence-corrected chi connectivity index (χ0v) is 10.3. The summed E-state index contributed by atoms with van der Waals surface area (Å²) in [5.41, 5.74) is 2.00. The van der Waals surface area contributed by atoms with Gasteiger partial charge in [0.1, 0.15) is 11.8 Å². The Morgan fingerprint density at radius 3 is 2.71 bits per heavy atom. The van der Waals surface area contributed by atoms with E-state index >= 15 is 0 Å². The fraction of sp³-hybridized carbons (Fsp3) is 0.545. The lowest BCUT2D eigenvalue weighted by atomic mass is 10.3. The Kier molecular flexibility index (Phi) is 4.21. The number of hydrogen-bond acceptors (Lipinski definition) is 1. The van der Waals surface area contributed by atoms with Gasteiger partial charge in [0.05, 0.1) is 0 Å². The van der Waals surface area contributed by atoms with Crippen LogP contribution in [0.3, 0.4) is 0 Å². The lowest BCUT2D eigenvalue weighted by Crippen LogP contribution is -2.04. The molecule has 0 spiro atoms. The SMILES string of the molecule is CCCCn1c(C#N)cc(Br)c1CC. The third-order valence-electron chi connectivity index (χ3n) is 2.34. The molecule has 0 saturated carbocycles. The number of nitrogens with zero attached hydrogens (tertiary/aromatic N) is 2. The summed E-state index contributed by atoms with van der Waals surface area (Å²) < 4.78 is 3.18. The van der Waals surface area contributed by atoms with Gasteiger partial charge in [0.15, 0.2) is 0 Å². The highest BCUT2D eigenvalue weighted by molar-refractivity contribution is 9.10. The monoisotopic (exact) mass is 254 g/mol. The summed E-state index contributed by atoms with van der Waals surface area (Å²) >= 11 is 3.49. The normalized spacial score (nSPS) is 10.1. The molecule has 0 amide bonds. The van der Waals surface area contributed by atoms with Crippen LogP contribution < -0.4 is 0 Å². The van der Waals surface area contributed by atoms with Crippen molar-refractivity contribution in [3.8, 4) is 6.07 Å². The molecule has 0 aliphatic rings. The van der Waals surface area contributed by atoms with Crippen molar-refractivity contribution in [1.82, 2.24) is 4.57 Å². The van der Waals surface area contributed by atoms with Gasteiger partial charge in [-0.2, -0.15) is 5.26 Å². The van der Waals surface area contributed by atoms with Gasteiger partial charge >= 0.3 is 0 Å². The van der Waals surface area contributed by atoms with Gasteiger partial charge in [-0.15, -0.1) is 0 Å². The summed E-state index contributed by atoms with van der Waals surface area (Å²) in [5.74, 6) is 0. The minimum atomic E-state index is 0.766. The summed E-state index contributed by atoms with van der Waals surface area (Å²) in [7, 11) is 0. The maximum atomic E-state index is 8.96. The van der Waals surface area contributed by atoms with Crippen LogP contribution in [0.4, 0.5) is 0 Å². The molecule has 0 atom stereocenters. The van der Waals surface area contributed by atoms with E-state index in [2.05, 4.69) is 40.4 Å². The molecule has 0 saturated heterocycles. The fourth-order valence-corrected chi connectivity index (χ4v) is 2.29. The summed E-state index contributed by atoms with van der Waals surface area (Å²) in [5, 5.41) is 8.96. The third-order valence-corrected chi connectivity index (χ3v) is 3.03. The molecule has 1 rings (SSSR count). The predicted octanol–water partition coefficient (Wildman–Crippen LogP) is 3.48. The highest BCUT2D eigenvalue weighted by atomic mass is 79.9. The van der Waals surface area contributed by atoms with E-state index in [0.29, 0.717) is 0 Å². The number of rotatable bonds is 4. The van der Waals surface area contributed by atoms with Gasteiger partial charge < -0.3 is 4.57 Å². The Labute approximate surface area is 93.7 Å². The molecular weight excluding hydrogens is 240 g/mol. The van der Waals surface area contributed by atoms with E-state index in [4.69, 9.17) is 5.26 Å². The first-order valence-electron chi connectivity index (χ1n) is 5.02. The smallest absolute Gasteiger partial charge is 0.121 e. The average molecular weight is 255 g/mol. The molecule has 0 unspecified atom stereocenters. The molecule has 0 radical (unpaired) electrons. The van der Waals surface area contributed by atoms with Crippen LogP contribution in [-0.4, -0.2) is 4.57 Å². The predicted molar refractivity (Wildman–Crippen MR) is 61.1 cm³/mol. The standard InChI is InChI=1S/C11H15BrN2/c1-3-5-6-14-9(8-13)7-10(12)11(14)4-2/h7H,3-6H2,1-2H3. The first-order chi connectivity index (χ1) is 6.74. The molecule has 0 aliphatic heterocycles. The van der Waals surface area contributed by atoms with Crippen LogP contribution in [0.25, 0.3) is 0 Å². The van der Waals surface area contributed by atoms with Crippen LogP contribution in [-0.2, 0) is 13.0 Å². The van der Waals surface area contributed by atoms with Crippen LogP contribution in [0.15, 0.2) is 10.5 Å². The Balaban J connectivity index is 3.03. The zero-order valence-electron chi connectivity index (χ0n) is 8.68. The Morgan fingerprint density at radius 1 is 1.50 bits per heavy atom. The van der Waals surface area contributed by atoms with Crippen molar-refractivity contribution in [1.29, 1.82) is 5.26 Å². The zero-order chi connectivity index (χ0) is 10.6. The van der Waals surface area contributed by atoms with Crippen molar-refractivity contribution in [3.05, 3.63) is 21.9 Å². The second-order valence-corrected chi connectivity index (χ2v) is 4.15. The lowest BCUT2D eigenvalue weighted by Gasteiger charge is -2.08. The van der Waals surface area contributed by atoms with Gasteiger partial charge in [-0.25, -0.2) is 0 Å². The van der Waals surface area contributed by atoms with Crippen molar-refractivity contribution >= 4 is 15.9 Å². The number of unbranched alkanes of at least 4 members (excludes halogenated alkanes) is 1. The largest absolute Gasteiger partial charge is 0.335 e. The van der Waals surface area contributed by atoms with Gasteiger partial charge in [0.25, 0.3) is 0 Å². The van der Waals surface area contributed by atoms with Crippen LogP contribution in [0, 0.1) is 11.3 Å². The molecule has 1 aromatic rings. The van der Waals surface area contributed by atoms with E-state index in [9.17, 15) is 0 Å². The summed E-state index contributed by atoms with van der Waals surface area (Å²) in [6.07, 6.45) is 3.25. The second kappa shape index (κ2) is 5.21. The van der Waals surface area contributed by atoms with Crippen molar-refractivity contribution in [2.45, 2.75) is 39.7 Å². The molecule has 0 aromatic carbocycles. The van der Waals surface area contributed by atoms with E-state index in [1.54, 1.807) is 0 Å². The molecule has 3 heteroatoms. The maximum absolute atomic E-state index is 8.96. The summed E-state index contributed by atoms with van der Waals surface area (Å²) in [4.78, 5) is 0. The van der Waals surface area contributed by atoms with Crippen molar-refractivity contribution < 1.29 is 0 Å². The molecule has 0 N–H and O–H groups in total. The summed E-state index contributed by atoms with van der Waals surface area (Å²) in [6.45, 7) is 5.23. The van der Waals surface area contributed by atoms with E-state index in [1.165, 1.54) is 5.69 Å². The Morgan fingerprint density at radius 2 is 2.21 bits per heavy atom. The maximum Gasteiger partial charge on any atom is 0.121 e. The molecule has 0 bridgehead atoms. The van der Waals surface area contributed by atoms with Crippen molar-refractivity contribution in [2.24, 2.45) is 0 Å². The van der Waals surface area contributed by atoms with Gasteiger partial charge in [-0.3, -0.25) is 0 Å². The Bertz CT molecular complexity index is 347. The number of aromatic nitrogens is 1. The lowest BCUT2D eigenvalue weighted by molar-refractivity contribution is 0.607. The molecule has 1 aromatic heterocycles. The summed E-state index contributed by atoms with van der Waals surface area (Å²) in [6, 6.07) is 4.14.